The molecule has 0 fully saturated rings. The number of benzene rings is 3. The van der Waals surface area contributed by atoms with E-state index >= 15 is 0 Å². The van der Waals surface area contributed by atoms with Crippen LogP contribution in [0.15, 0.2) is 103 Å². The Kier molecular flexibility index (Phi) is 9.29. The normalized spacial score (nSPS) is 20.5. The third-order valence-corrected chi connectivity index (χ3v) is 6.20. The zero-order valence-corrected chi connectivity index (χ0v) is 22.0. The standard InChI is InChI=1S/C32H33N3O4/c1-22(2)13-18-28(36)35-29-30(25-11-7-4-8-12-25)39-26-16-14-23(15-17-26)19-20-33-31(37)27(34-32(29)38)21-24-9-5-3-6-10-24/h3-20,22,27,29-30H,21H2,1-2H3,(H,33,37)(H,34,38)(H,35,36)/b18-13+,20-19+/t27-,29+,30+/m1/s1. The minimum absolute atomic E-state index is 0.153. The summed E-state index contributed by atoms with van der Waals surface area (Å²) in [6.45, 7) is 3.91. The number of rotatable bonds is 6. The first-order chi connectivity index (χ1) is 18.9. The molecule has 0 aliphatic carbocycles. The molecule has 0 spiro atoms. The van der Waals surface area contributed by atoms with Crippen molar-refractivity contribution in [2.75, 3.05) is 0 Å². The Hall–Kier alpha value is -4.65. The minimum Gasteiger partial charge on any atom is -0.483 e. The molecule has 7 heteroatoms. The van der Waals surface area contributed by atoms with Crippen molar-refractivity contribution in [2.24, 2.45) is 5.92 Å². The first kappa shape index (κ1) is 27.4. The van der Waals surface area contributed by atoms with Gasteiger partial charge < -0.3 is 20.7 Å². The highest BCUT2D eigenvalue weighted by atomic mass is 16.5. The third kappa shape index (κ3) is 7.92. The topological polar surface area (TPSA) is 96.5 Å². The second-order valence-electron chi connectivity index (χ2n) is 9.70. The summed E-state index contributed by atoms with van der Waals surface area (Å²) in [6, 6.07) is 23.9. The lowest BCUT2D eigenvalue weighted by atomic mass is 9.99. The monoisotopic (exact) mass is 523 g/mol. The Morgan fingerprint density at radius 2 is 1.59 bits per heavy atom. The predicted octanol–water partition coefficient (Wildman–Crippen LogP) is 4.33. The van der Waals surface area contributed by atoms with Crippen molar-refractivity contribution >= 4 is 23.8 Å². The van der Waals surface area contributed by atoms with Gasteiger partial charge in [-0.25, -0.2) is 0 Å². The summed E-state index contributed by atoms with van der Waals surface area (Å²) in [7, 11) is 0. The fourth-order valence-electron chi connectivity index (χ4n) is 4.18. The lowest BCUT2D eigenvalue weighted by Crippen LogP contribution is -2.56. The fourth-order valence-corrected chi connectivity index (χ4v) is 4.18. The van der Waals surface area contributed by atoms with Crippen molar-refractivity contribution in [3.05, 3.63) is 120 Å². The molecule has 3 amide bonds. The van der Waals surface area contributed by atoms with Crippen molar-refractivity contribution in [3.63, 3.8) is 0 Å². The molecule has 0 aromatic heterocycles. The molecule has 2 heterocycles. The van der Waals surface area contributed by atoms with Crippen LogP contribution < -0.4 is 20.7 Å². The van der Waals surface area contributed by atoms with Gasteiger partial charge in [0.2, 0.25) is 17.7 Å². The molecule has 0 saturated carbocycles. The van der Waals surface area contributed by atoms with Crippen molar-refractivity contribution in [1.29, 1.82) is 0 Å². The molecule has 0 saturated heterocycles. The Morgan fingerprint density at radius 1 is 0.923 bits per heavy atom. The van der Waals surface area contributed by atoms with Gasteiger partial charge in [0.25, 0.3) is 0 Å². The number of nitrogens with one attached hydrogen (secondary N) is 3. The summed E-state index contributed by atoms with van der Waals surface area (Å²) in [5, 5.41) is 8.49. The number of hydrogen-bond donors (Lipinski definition) is 3. The van der Waals surface area contributed by atoms with Gasteiger partial charge in [-0.15, -0.1) is 0 Å². The van der Waals surface area contributed by atoms with E-state index in [1.165, 1.54) is 6.08 Å². The van der Waals surface area contributed by atoms with Gasteiger partial charge in [-0.3, -0.25) is 14.4 Å². The van der Waals surface area contributed by atoms with E-state index in [9.17, 15) is 14.4 Å². The second-order valence-corrected chi connectivity index (χ2v) is 9.70. The molecular formula is C32H33N3O4. The van der Waals surface area contributed by atoms with E-state index in [1.807, 2.05) is 86.6 Å². The van der Waals surface area contributed by atoms with Crippen molar-refractivity contribution < 1.29 is 19.1 Å². The maximum absolute atomic E-state index is 13.9. The van der Waals surface area contributed by atoms with Crippen LogP contribution >= 0.6 is 0 Å². The number of carbonyl (C=O) groups excluding carboxylic acids is 3. The average Bonchev–Trinajstić information content (AvgIpc) is 2.94. The number of ether oxygens (including phenoxy) is 1. The van der Waals surface area contributed by atoms with E-state index in [-0.39, 0.29) is 18.2 Å². The summed E-state index contributed by atoms with van der Waals surface area (Å²) < 4.78 is 6.36. The molecule has 3 aromatic rings. The van der Waals surface area contributed by atoms with Crippen molar-refractivity contribution in [1.82, 2.24) is 16.0 Å². The summed E-state index contributed by atoms with van der Waals surface area (Å²) in [4.78, 5) is 40.1. The zero-order chi connectivity index (χ0) is 27.6. The summed E-state index contributed by atoms with van der Waals surface area (Å²) in [5.41, 5.74) is 2.45. The molecule has 2 bridgehead atoms. The number of amides is 3. The number of hydrogen-bond acceptors (Lipinski definition) is 4. The van der Waals surface area contributed by atoms with Gasteiger partial charge in [0, 0.05) is 12.6 Å². The fraction of sp³-hybridized carbons (Fsp3) is 0.219. The van der Waals surface area contributed by atoms with Crippen LogP contribution in [0.5, 0.6) is 5.75 Å². The predicted molar refractivity (Wildman–Crippen MR) is 151 cm³/mol. The van der Waals surface area contributed by atoms with E-state index in [0.717, 1.165) is 11.1 Å². The van der Waals surface area contributed by atoms with Gasteiger partial charge >= 0.3 is 0 Å². The van der Waals surface area contributed by atoms with E-state index in [4.69, 9.17) is 4.74 Å². The van der Waals surface area contributed by atoms with Gasteiger partial charge in [-0.1, -0.05) is 92.7 Å². The Balaban J connectivity index is 1.76. The number of allylic oxidation sites excluding steroid dienone is 1. The van der Waals surface area contributed by atoms with Crippen LogP contribution in [0.1, 0.15) is 36.6 Å². The highest BCUT2D eigenvalue weighted by Gasteiger charge is 2.35. The minimum atomic E-state index is -1.14. The van der Waals surface area contributed by atoms with E-state index in [2.05, 4.69) is 16.0 Å². The van der Waals surface area contributed by atoms with Gasteiger partial charge in [-0.2, -0.15) is 0 Å². The van der Waals surface area contributed by atoms with Crippen LogP contribution in [-0.4, -0.2) is 29.8 Å². The molecule has 39 heavy (non-hydrogen) atoms. The van der Waals surface area contributed by atoms with E-state index in [0.29, 0.717) is 11.3 Å². The van der Waals surface area contributed by atoms with Crippen LogP contribution in [0, 0.1) is 5.92 Å². The Bertz CT molecular complexity index is 1320. The van der Waals surface area contributed by atoms with Crippen molar-refractivity contribution in [3.8, 4) is 5.75 Å². The van der Waals surface area contributed by atoms with E-state index < -0.39 is 30.0 Å². The maximum atomic E-state index is 13.9. The van der Waals surface area contributed by atoms with Gasteiger partial charge in [0.15, 0.2) is 6.10 Å². The zero-order valence-electron chi connectivity index (χ0n) is 22.0. The Morgan fingerprint density at radius 3 is 2.26 bits per heavy atom. The molecule has 3 atom stereocenters. The molecule has 0 unspecified atom stereocenters. The largest absolute Gasteiger partial charge is 0.483 e. The summed E-state index contributed by atoms with van der Waals surface area (Å²) in [5.74, 6) is -0.659. The first-order valence-electron chi connectivity index (χ1n) is 13.0. The first-order valence-corrected chi connectivity index (χ1v) is 13.0. The third-order valence-electron chi connectivity index (χ3n) is 6.20. The molecule has 2 aliphatic rings. The lowest BCUT2D eigenvalue weighted by molar-refractivity contribution is -0.133. The van der Waals surface area contributed by atoms with Crippen LogP contribution in [0.3, 0.4) is 0 Å². The molecule has 200 valence electrons. The van der Waals surface area contributed by atoms with Crippen molar-refractivity contribution in [2.45, 2.75) is 38.5 Å². The summed E-state index contributed by atoms with van der Waals surface area (Å²) >= 11 is 0. The number of carbonyl (C=O) groups is 3. The molecule has 3 N–H and O–H groups in total. The average molecular weight is 524 g/mol. The van der Waals surface area contributed by atoms with Gasteiger partial charge in [0.1, 0.15) is 17.8 Å². The van der Waals surface area contributed by atoms with E-state index in [1.54, 1.807) is 30.5 Å². The Labute approximate surface area is 229 Å². The maximum Gasteiger partial charge on any atom is 0.247 e. The smallest absolute Gasteiger partial charge is 0.247 e. The van der Waals surface area contributed by atoms with Crippen LogP contribution in [0.25, 0.3) is 6.08 Å². The van der Waals surface area contributed by atoms with Gasteiger partial charge in [0.05, 0.1) is 0 Å². The summed E-state index contributed by atoms with van der Waals surface area (Å²) in [6.07, 6.45) is 5.90. The molecule has 7 nitrogen and oxygen atoms in total. The second kappa shape index (κ2) is 13.2. The molecule has 3 aromatic carbocycles. The molecule has 5 rings (SSSR count). The molecular weight excluding hydrogens is 490 g/mol. The van der Waals surface area contributed by atoms with Crippen LogP contribution in [0.2, 0.25) is 0 Å². The quantitative estimate of drug-likeness (QED) is 0.419. The lowest BCUT2D eigenvalue weighted by Gasteiger charge is -2.30. The van der Waals surface area contributed by atoms with Gasteiger partial charge in [-0.05, 0) is 46.9 Å². The van der Waals surface area contributed by atoms with Crippen LogP contribution in [0.4, 0.5) is 0 Å². The highest BCUT2D eigenvalue weighted by molar-refractivity contribution is 5.95. The molecule has 2 aliphatic heterocycles. The number of fused-ring (bicyclic) bond motifs is 10. The van der Waals surface area contributed by atoms with Crippen LogP contribution in [-0.2, 0) is 20.8 Å². The highest BCUT2D eigenvalue weighted by Crippen LogP contribution is 2.26. The molecule has 0 radical (unpaired) electrons. The SMILES string of the molecule is CC(C)/C=C/C(=O)N[C@@H]1C(=O)N[C@H](Cc2ccccc2)C(=O)N/C=C/c2ccc(cc2)O[C@H]1c1ccccc1.